The fraction of sp³-hybridized carbons (Fsp3) is 0.381. The normalized spacial score (nSPS) is 21.5. The Morgan fingerprint density at radius 1 is 1.07 bits per heavy atom. The molecule has 1 saturated heterocycles. The molecule has 1 aromatic carbocycles. The lowest BCUT2D eigenvalue weighted by molar-refractivity contribution is -0.157. The lowest BCUT2D eigenvalue weighted by Crippen LogP contribution is -2.44. The van der Waals surface area contributed by atoms with Crippen molar-refractivity contribution in [2.24, 2.45) is 11.8 Å². The number of allylic oxidation sites excluding steroid dienone is 2. The SMILES string of the molecule is CC(=O)Nc1ccc(C(=O)COC(=O)[C@H](C)N2C(=O)[C@@H]3CC=CC[C@H]3C2=O)cc1. The molecule has 0 unspecified atom stereocenters. The van der Waals surface area contributed by atoms with Gasteiger partial charge in [-0.3, -0.25) is 24.1 Å². The Bertz CT molecular complexity index is 863. The molecule has 1 aliphatic heterocycles. The highest BCUT2D eigenvalue weighted by atomic mass is 16.5. The van der Waals surface area contributed by atoms with Gasteiger partial charge in [0.25, 0.3) is 0 Å². The Morgan fingerprint density at radius 2 is 1.62 bits per heavy atom. The van der Waals surface area contributed by atoms with E-state index in [1.165, 1.54) is 26.0 Å². The lowest BCUT2D eigenvalue weighted by atomic mass is 9.85. The number of benzene rings is 1. The molecule has 0 radical (unpaired) electrons. The fourth-order valence-corrected chi connectivity index (χ4v) is 3.60. The first-order chi connectivity index (χ1) is 13.8. The van der Waals surface area contributed by atoms with Crippen LogP contribution in [0.25, 0.3) is 0 Å². The number of nitrogens with one attached hydrogen (secondary N) is 1. The van der Waals surface area contributed by atoms with Gasteiger partial charge in [0.1, 0.15) is 6.04 Å². The summed E-state index contributed by atoms with van der Waals surface area (Å²) in [5.41, 5.74) is 0.853. The van der Waals surface area contributed by atoms with Gasteiger partial charge in [0.2, 0.25) is 17.7 Å². The molecule has 3 amide bonds. The van der Waals surface area contributed by atoms with Crippen molar-refractivity contribution in [1.29, 1.82) is 0 Å². The topological polar surface area (TPSA) is 110 Å². The molecule has 1 fully saturated rings. The maximum atomic E-state index is 12.5. The van der Waals surface area contributed by atoms with Crippen LogP contribution in [-0.4, -0.2) is 47.0 Å². The Labute approximate surface area is 167 Å². The minimum atomic E-state index is -1.09. The van der Waals surface area contributed by atoms with Crippen molar-refractivity contribution >= 4 is 35.2 Å². The van der Waals surface area contributed by atoms with Gasteiger partial charge in [-0.2, -0.15) is 0 Å². The standard InChI is InChI=1S/C21H22N2O6/c1-12(23-19(26)16-5-3-4-6-17(16)20(23)27)21(28)29-11-18(25)14-7-9-15(10-8-14)22-13(2)24/h3-4,7-10,12,16-17H,5-6,11H2,1-2H3,(H,22,24)/t12-,16+,17+/m0/s1. The molecule has 152 valence electrons. The van der Waals surface area contributed by atoms with Crippen LogP contribution in [0.15, 0.2) is 36.4 Å². The van der Waals surface area contributed by atoms with Crippen LogP contribution in [0.5, 0.6) is 0 Å². The summed E-state index contributed by atoms with van der Waals surface area (Å²) in [5.74, 6) is -3.05. The molecular formula is C21H22N2O6. The van der Waals surface area contributed by atoms with Crippen LogP contribution in [-0.2, 0) is 23.9 Å². The van der Waals surface area contributed by atoms with E-state index in [4.69, 9.17) is 4.74 Å². The van der Waals surface area contributed by atoms with E-state index in [-0.39, 0.29) is 17.7 Å². The third-order valence-electron chi connectivity index (χ3n) is 5.14. The molecule has 2 aliphatic rings. The van der Waals surface area contributed by atoms with Gasteiger partial charge in [0, 0.05) is 18.2 Å². The van der Waals surface area contributed by atoms with Gasteiger partial charge in [0.05, 0.1) is 11.8 Å². The van der Waals surface area contributed by atoms with Gasteiger partial charge in [-0.15, -0.1) is 0 Å². The summed E-state index contributed by atoms with van der Waals surface area (Å²) < 4.78 is 5.06. The van der Waals surface area contributed by atoms with Crippen molar-refractivity contribution in [3.63, 3.8) is 0 Å². The molecule has 0 spiro atoms. The zero-order valence-corrected chi connectivity index (χ0v) is 16.2. The molecule has 8 heteroatoms. The van der Waals surface area contributed by atoms with E-state index in [0.29, 0.717) is 24.1 Å². The van der Waals surface area contributed by atoms with Crippen molar-refractivity contribution in [1.82, 2.24) is 4.90 Å². The molecule has 29 heavy (non-hydrogen) atoms. The molecule has 1 aliphatic carbocycles. The number of carbonyl (C=O) groups is 5. The summed E-state index contributed by atoms with van der Waals surface area (Å²) in [4.78, 5) is 61.6. The van der Waals surface area contributed by atoms with Crippen LogP contribution in [0.3, 0.4) is 0 Å². The van der Waals surface area contributed by atoms with Crippen LogP contribution in [0.1, 0.15) is 37.0 Å². The van der Waals surface area contributed by atoms with E-state index >= 15 is 0 Å². The van der Waals surface area contributed by atoms with E-state index in [1.807, 2.05) is 12.2 Å². The monoisotopic (exact) mass is 398 g/mol. The number of carbonyl (C=O) groups excluding carboxylic acids is 5. The number of imide groups is 1. The highest BCUT2D eigenvalue weighted by Gasteiger charge is 2.50. The number of hydrogen-bond acceptors (Lipinski definition) is 6. The van der Waals surface area contributed by atoms with Crippen molar-refractivity contribution in [2.45, 2.75) is 32.7 Å². The summed E-state index contributed by atoms with van der Waals surface area (Å²) in [6, 6.07) is 5.06. The lowest BCUT2D eigenvalue weighted by Gasteiger charge is -2.21. The number of esters is 1. The summed E-state index contributed by atoms with van der Waals surface area (Å²) >= 11 is 0. The zero-order valence-electron chi connectivity index (χ0n) is 16.2. The quantitative estimate of drug-likeness (QED) is 0.338. The highest BCUT2D eigenvalue weighted by molar-refractivity contribution is 6.08. The summed E-state index contributed by atoms with van der Waals surface area (Å²) in [5, 5.41) is 2.59. The second-order valence-electron chi connectivity index (χ2n) is 7.17. The van der Waals surface area contributed by atoms with Crippen LogP contribution in [0, 0.1) is 11.8 Å². The van der Waals surface area contributed by atoms with E-state index in [1.54, 1.807) is 12.1 Å². The Hall–Kier alpha value is -3.29. The van der Waals surface area contributed by atoms with Crippen molar-refractivity contribution in [3.8, 4) is 0 Å². The molecule has 3 rings (SSSR count). The average Bonchev–Trinajstić information content (AvgIpc) is 2.96. The summed E-state index contributed by atoms with van der Waals surface area (Å²) in [6.07, 6.45) is 4.71. The second-order valence-corrected chi connectivity index (χ2v) is 7.17. The predicted octanol–water partition coefficient (Wildman–Crippen LogP) is 1.71. The zero-order chi connectivity index (χ0) is 21.1. The smallest absolute Gasteiger partial charge is 0.329 e. The number of nitrogens with zero attached hydrogens (tertiary/aromatic N) is 1. The number of amides is 3. The molecule has 8 nitrogen and oxygen atoms in total. The molecule has 1 heterocycles. The molecule has 3 atom stereocenters. The van der Waals surface area contributed by atoms with Crippen LogP contribution < -0.4 is 5.32 Å². The first kappa shape index (κ1) is 20.4. The maximum absolute atomic E-state index is 12.5. The van der Waals surface area contributed by atoms with Crippen LogP contribution >= 0.6 is 0 Å². The number of anilines is 1. The van der Waals surface area contributed by atoms with Crippen molar-refractivity contribution in [3.05, 3.63) is 42.0 Å². The Kier molecular flexibility index (Phi) is 5.91. The minimum absolute atomic E-state index is 0.228. The van der Waals surface area contributed by atoms with Gasteiger partial charge in [-0.25, -0.2) is 4.79 Å². The van der Waals surface area contributed by atoms with Gasteiger partial charge >= 0.3 is 5.97 Å². The number of likely N-dealkylation sites (tertiary alicyclic amines) is 1. The minimum Gasteiger partial charge on any atom is -0.456 e. The van der Waals surface area contributed by atoms with Gasteiger partial charge in [-0.05, 0) is 44.0 Å². The van der Waals surface area contributed by atoms with E-state index in [9.17, 15) is 24.0 Å². The van der Waals surface area contributed by atoms with Gasteiger partial charge < -0.3 is 10.1 Å². The number of hydrogen-bond donors (Lipinski definition) is 1. The molecule has 0 bridgehead atoms. The summed E-state index contributed by atoms with van der Waals surface area (Å²) in [6.45, 7) is 2.30. The van der Waals surface area contributed by atoms with Crippen LogP contribution in [0.2, 0.25) is 0 Å². The third-order valence-corrected chi connectivity index (χ3v) is 5.14. The predicted molar refractivity (Wildman–Crippen MR) is 103 cm³/mol. The largest absolute Gasteiger partial charge is 0.456 e. The van der Waals surface area contributed by atoms with Crippen molar-refractivity contribution in [2.75, 3.05) is 11.9 Å². The highest BCUT2D eigenvalue weighted by Crippen LogP contribution is 2.36. The van der Waals surface area contributed by atoms with E-state index < -0.39 is 36.2 Å². The number of ether oxygens (including phenoxy) is 1. The third kappa shape index (κ3) is 4.26. The fourth-order valence-electron chi connectivity index (χ4n) is 3.60. The number of Topliss-reactive ketones (excluding diaryl/α,β-unsaturated/α-hetero) is 1. The number of ketones is 1. The first-order valence-corrected chi connectivity index (χ1v) is 9.39. The van der Waals surface area contributed by atoms with Gasteiger partial charge in [0.15, 0.2) is 12.4 Å². The Morgan fingerprint density at radius 3 is 2.14 bits per heavy atom. The molecule has 1 aromatic rings. The molecule has 0 saturated carbocycles. The maximum Gasteiger partial charge on any atom is 0.329 e. The Balaban J connectivity index is 1.57. The molecule has 1 N–H and O–H groups in total. The average molecular weight is 398 g/mol. The van der Waals surface area contributed by atoms with E-state index in [2.05, 4.69) is 5.32 Å². The first-order valence-electron chi connectivity index (χ1n) is 9.39. The molecular weight excluding hydrogens is 376 g/mol. The number of fused-ring (bicyclic) bond motifs is 1. The number of rotatable bonds is 6. The van der Waals surface area contributed by atoms with Crippen molar-refractivity contribution < 1.29 is 28.7 Å². The van der Waals surface area contributed by atoms with Crippen LogP contribution in [0.4, 0.5) is 5.69 Å². The van der Waals surface area contributed by atoms with E-state index in [0.717, 1.165) is 4.90 Å². The summed E-state index contributed by atoms with van der Waals surface area (Å²) in [7, 11) is 0. The van der Waals surface area contributed by atoms with Gasteiger partial charge in [-0.1, -0.05) is 12.2 Å². The molecule has 0 aromatic heterocycles. The second kappa shape index (κ2) is 8.38.